The van der Waals surface area contributed by atoms with Crippen molar-refractivity contribution in [1.82, 2.24) is 19.6 Å². The van der Waals surface area contributed by atoms with Crippen LogP contribution in [-0.4, -0.2) is 75.4 Å². The third kappa shape index (κ3) is 5.36. The van der Waals surface area contributed by atoms with E-state index in [1.54, 1.807) is 25.1 Å². The van der Waals surface area contributed by atoms with E-state index in [1.807, 2.05) is 0 Å². The number of benzene rings is 1. The highest BCUT2D eigenvalue weighted by Gasteiger charge is 2.19. The average molecular weight is 478 g/mol. The van der Waals surface area contributed by atoms with Crippen molar-refractivity contribution in [2.24, 2.45) is 5.73 Å². The van der Waals surface area contributed by atoms with E-state index in [0.717, 1.165) is 19.6 Å². The van der Waals surface area contributed by atoms with Gasteiger partial charge in [0.25, 0.3) is 5.88 Å². The molecular weight excluding hydrogens is 450 g/mol. The molecule has 0 spiro atoms. The summed E-state index contributed by atoms with van der Waals surface area (Å²) in [6.45, 7) is 6.44. The van der Waals surface area contributed by atoms with Crippen LogP contribution < -0.4 is 19.9 Å². The summed E-state index contributed by atoms with van der Waals surface area (Å²) in [5.41, 5.74) is 6.24. The van der Waals surface area contributed by atoms with Gasteiger partial charge in [-0.05, 0) is 38.1 Å². The summed E-state index contributed by atoms with van der Waals surface area (Å²) < 4.78 is 44.3. The molecule has 3 aromatic rings. The standard InChI is InChI=1S/C21H27N5O6S/c1-2-31-18-13-16-15-12-14(4-5-17(15)24-19(16)20(25-18)32-21(22)27)33(28,29)23-6-3-7-26-8-10-30-11-9-26/h4-5,12-13,23-24H,2-3,6-11H2,1H3,(H2,22,27). The Hall–Kier alpha value is -2.93. The maximum absolute atomic E-state index is 12.9. The molecule has 1 saturated heterocycles. The fourth-order valence-electron chi connectivity index (χ4n) is 3.80. The lowest BCUT2D eigenvalue weighted by atomic mass is 10.2. The number of hydrogen-bond donors (Lipinski definition) is 3. The summed E-state index contributed by atoms with van der Waals surface area (Å²) >= 11 is 0. The number of primary amides is 1. The second-order valence-corrected chi connectivity index (χ2v) is 9.35. The number of carbonyl (C=O) groups is 1. The minimum absolute atomic E-state index is 0.0368. The van der Waals surface area contributed by atoms with Crippen LogP contribution in [0.3, 0.4) is 0 Å². The zero-order valence-corrected chi connectivity index (χ0v) is 19.1. The molecule has 3 heterocycles. The van der Waals surface area contributed by atoms with Gasteiger partial charge in [-0.1, -0.05) is 0 Å². The second kappa shape index (κ2) is 9.91. The van der Waals surface area contributed by atoms with Gasteiger partial charge in [0.15, 0.2) is 0 Å². The van der Waals surface area contributed by atoms with Gasteiger partial charge < -0.3 is 24.9 Å². The molecule has 0 radical (unpaired) electrons. The molecule has 33 heavy (non-hydrogen) atoms. The van der Waals surface area contributed by atoms with Gasteiger partial charge in [0.05, 0.1) is 24.7 Å². The number of morpholine rings is 1. The normalized spacial score (nSPS) is 15.2. The van der Waals surface area contributed by atoms with Crippen LogP contribution in [0.4, 0.5) is 4.79 Å². The number of amides is 1. The molecule has 12 heteroatoms. The van der Waals surface area contributed by atoms with Gasteiger partial charge in [0.2, 0.25) is 15.9 Å². The third-order valence-electron chi connectivity index (χ3n) is 5.35. The predicted molar refractivity (Wildman–Crippen MR) is 122 cm³/mol. The molecular formula is C21H27N5O6S. The zero-order chi connectivity index (χ0) is 23.4. The number of sulfonamides is 1. The van der Waals surface area contributed by atoms with Crippen LogP contribution in [0.5, 0.6) is 11.8 Å². The van der Waals surface area contributed by atoms with E-state index in [0.29, 0.717) is 54.6 Å². The van der Waals surface area contributed by atoms with Crippen LogP contribution in [0.15, 0.2) is 29.2 Å². The van der Waals surface area contributed by atoms with Crippen molar-refractivity contribution in [3.8, 4) is 11.8 Å². The van der Waals surface area contributed by atoms with Crippen molar-refractivity contribution in [2.75, 3.05) is 46.0 Å². The average Bonchev–Trinajstić information content (AvgIpc) is 3.16. The van der Waals surface area contributed by atoms with E-state index in [9.17, 15) is 13.2 Å². The summed E-state index contributed by atoms with van der Waals surface area (Å²) in [6.07, 6.45) is -0.313. The lowest BCUT2D eigenvalue weighted by Gasteiger charge is -2.26. The largest absolute Gasteiger partial charge is 0.478 e. The van der Waals surface area contributed by atoms with Crippen molar-refractivity contribution in [1.29, 1.82) is 0 Å². The monoisotopic (exact) mass is 477 g/mol. The van der Waals surface area contributed by atoms with Gasteiger partial charge in [0, 0.05) is 42.0 Å². The van der Waals surface area contributed by atoms with Crippen molar-refractivity contribution >= 4 is 37.9 Å². The summed E-state index contributed by atoms with van der Waals surface area (Å²) in [6, 6.07) is 6.42. The highest BCUT2D eigenvalue weighted by Crippen LogP contribution is 2.34. The second-order valence-electron chi connectivity index (χ2n) is 7.58. The molecule has 4 N–H and O–H groups in total. The number of nitrogens with one attached hydrogen (secondary N) is 2. The molecule has 1 fully saturated rings. The van der Waals surface area contributed by atoms with Crippen molar-refractivity contribution in [3.05, 3.63) is 24.3 Å². The van der Waals surface area contributed by atoms with E-state index >= 15 is 0 Å². The summed E-state index contributed by atoms with van der Waals surface area (Å²) in [4.78, 5) is 21.0. The van der Waals surface area contributed by atoms with Gasteiger partial charge in [-0.15, -0.1) is 0 Å². The van der Waals surface area contributed by atoms with Crippen LogP contribution >= 0.6 is 0 Å². The Labute approximate surface area is 191 Å². The molecule has 0 atom stereocenters. The zero-order valence-electron chi connectivity index (χ0n) is 18.3. The number of rotatable bonds is 9. The first-order valence-electron chi connectivity index (χ1n) is 10.7. The van der Waals surface area contributed by atoms with Crippen LogP contribution in [-0.2, 0) is 14.8 Å². The fourth-order valence-corrected chi connectivity index (χ4v) is 4.90. The van der Waals surface area contributed by atoms with E-state index in [-0.39, 0.29) is 16.7 Å². The quantitative estimate of drug-likeness (QED) is 0.393. The summed E-state index contributed by atoms with van der Waals surface area (Å²) in [5.74, 6) is 0.196. The first kappa shape index (κ1) is 23.2. The van der Waals surface area contributed by atoms with E-state index in [4.69, 9.17) is 19.9 Å². The number of ether oxygens (including phenoxy) is 3. The lowest BCUT2D eigenvalue weighted by Crippen LogP contribution is -2.38. The number of aromatic nitrogens is 2. The van der Waals surface area contributed by atoms with Gasteiger partial charge in [-0.25, -0.2) is 17.9 Å². The Morgan fingerprint density at radius 3 is 2.79 bits per heavy atom. The molecule has 0 aliphatic carbocycles. The Morgan fingerprint density at radius 1 is 1.27 bits per heavy atom. The van der Waals surface area contributed by atoms with Crippen LogP contribution in [0.2, 0.25) is 0 Å². The molecule has 1 amide bonds. The van der Waals surface area contributed by atoms with E-state index in [2.05, 4.69) is 19.6 Å². The predicted octanol–water partition coefficient (Wildman–Crippen LogP) is 1.57. The molecule has 0 unspecified atom stereocenters. The first-order chi connectivity index (χ1) is 15.9. The summed E-state index contributed by atoms with van der Waals surface area (Å²) in [7, 11) is -3.71. The number of carbonyl (C=O) groups excluding carboxylic acids is 1. The van der Waals surface area contributed by atoms with Crippen molar-refractivity contribution in [2.45, 2.75) is 18.2 Å². The summed E-state index contributed by atoms with van der Waals surface area (Å²) in [5, 5.41) is 1.22. The van der Waals surface area contributed by atoms with Gasteiger partial charge in [-0.2, -0.15) is 4.98 Å². The minimum Gasteiger partial charge on any atom is -0.478 e. The van der Waals surface area contributed by atoms with Gasteiger partial charge in [-0.3, -0.25) is 4.90 Å². The number of pyridine rings is 1. The third-order valence-corrected chi connectivity index (χ3v) is 6.81. The first-order valence-corrected chi connectivity index (χ1v) is 12.2. The molecule has 2 aromatic heterocycles. The molecule has 4 rings (SSSR count). The number of H-pyrrole nitrogens is 1. The minimum atomic E-state index is -3.71. The molecule has 0 bridgehead atoms. The Balaban J connectivity index is 1.58. The fraction of sp³-hybridized carbons (Fsp3) is 0.429. The molecule has 11 nitrogen and oxygen atoms in total. The van der Waals surface area contributed by atoms with E-state index in [1.165, 1.54) is 6.07 Å². The topological polar surface area (TPSA) is 149 Å². The van der Waals surface area contributed by atoms with Crippen LogP contribution in [0, 0.1) is 0 Å². The van der Waals surface area contributed by atoms with Crippen molar-refractivity contribution in [3.63, 3.8) is 0 Å². The SMILES string of the molecule is CCOc1cc2c([nH]c3ccc(S(=O)(=O)NCCCN4CCOCC4)cc32)c(OC(N)=O)n1. The van der Waals surface area contributed by atoms with Crippen molar-refractivity contribution < 1.29 is 27.4 Å². The molecule has 1 aliphatic rings. The highest BCUT2D eigenvalue weighted by molar-refractivity contribution is 7.89. The molecule has 1 aromatic carbocycles. The lowest BCUT2D eigenvalue weighted by molar-refractivity contribution is 0.0376. The highest BCUT2D eigenvalue weighted by atomic mass is 32.2. The van der Waals surface area contributed by atoms with E-state index < -0.39 is 16.1 Å². The van der Waals surface area contributed by atoms with Gasteiger partial charge in [0.1, 0.15) is 5.52 Å². The number of nitrogens with two attached hydrogens (primary N) is 1. The maximum atomic E-state index is 12.9. The molecule has 0 saturated carbocycles. The van der Waals surface area contributed by atoms with Crippen LogP contribution in [0.25, 0.3) is 21.8 Å². The molecule has 1 aliphatic heterocycles. The smallest absolute Gasteiger partial charge is 0.411 e. The van der Waals surface area contributed by atoms with Crippen LogP contribution in [0.1, 0.15) is 13.3 Å². The Bertz CT molecular complexity index is 1250. The Morgan fingerprint density at radius 2 is 2.06 bits per heavy atom. The number of nitrogens with zero attached hydrogens (tertiary/aromatic N) is 2. The maximum Gasteiger partial charge on any atom is 0.411 e. The molecule has 178 valence electrons. The number of hydrogen-bond acceptors (Lipinski definition) is 8. The van der Waals surface area contributed by atoms with Gasteiger partial charge >= 0.3 is 6.09 Å². The Kier molecular flexibility index (Phi) is 6.98. The number of aromatic amines is 1. The number of fused-ring (bicyclic) bond motifs is 3.